The molecule has 0 radical (unpaired) electrons. The minimum absolute atomic E-state index is 0.605. The molecule has 1 heterocycles. The summed E-state index contributed by atoms with van der Waals surface area (Å²) in [7, 11) is 0. The smallest absolute Gasteiger partial charge is 0.122 e. The number of nitrogens with two attached hydrogens (primary N) is 1. The second kappa shape index (κ2) is 6.73. The lowest BCUT2D eigenvalue weighted by molar-refractivity contribution is 0.309. The van der Waals surface area contributed by atoms with E-state index in [0.717, 1.165) is 12.2 Å². The van der Waals surface area contributed by atoms with E-state index in [0.29, 0.717) is 19.1 Å². The minimum atomic E-state index is 0.605. The largest absolute Gasteiger partial charge is 0.488 e. The van der Waals surface area contributed by atoms with E-state index in [-0.39, 0.29) is 0 Å². The molecule has 2 nitrogen and oxygen atoms in total. The zero-order valence-corrected chi connectivity index (χ0v) is 12.4. The molecule has 2 rings (SSSR count). The van der Waals surface area contributed by atoms with Gasteiger partial charge in [0.25, 0.3) is 0 Å². The predicted molar refractivity (Wildman–Crippen MR) is 81.7 cm³/mol. The van der Waals surface area contributed by atoms with Crippen molar-refractivity contribution in [3.8, 4) is 5.75 Å². The van der Waals surface area contributed by atoms with Gasteiger partial charge in [0, 0.05) is 16.3 Å². The summed E-state index contributed by atoms with van der Waals surface area (Å²) in [6.45, 7) is 5.68. The van der Waals surface area contributed by atoms with E-state index in [1.807, 2.05) is 0 Å². The molecular formula is C16H21NOS. The van der Waals surface area contributed by atoms with Crippen molar-refractivity contribution in [2.45, 2.75) is 39.3 Å². The van der Waals surface area contributed by atoms with Gasteiger partial charge in [-0.25, -0.2) is 0 Å². The molecule has 1 unspecified atom stereocenters. The van der Waals surface area contributed by atoms with Crippen molar-refractivity contribution in [1.29, 1.82) is 0 Å². The van der Waals surface area contributed by atoms with Crippen molar-refractivity contribution in [3.63, 3.8) is 0 Å². The number of thiophene rings is 1. The Bertz CT molecular complexity index is 504. The van der Waals surface area contributed by atoms with Crippen molar-refractivity contribution in [2.24, 2.45) is 5.73 Å². The van der Waals surface area contributed by atoms with Crippen molar-refractivity contribution in [3.05, 3.63) is 51.7 Å². The van der Waals surface area contributed by atoms with Gasteiger partial charge in [0.15, 0.2) is 0 Å². The Hall–Kier alpha value is -1.32. The van der Waals surface area contributed by atoms with Crippen LogP contribution in [0, 0.1) is 0 Å². The Balaban J connectivity index is 1.92. The summed E-state index contributed by atoms with van der Waals surface area (Å²) in [6.07, 6.45) is 1.16. The van der Waals surface area contributed by atoms with Gasteiger partial charge in [-0.3, -0.25) is 0 Å². The molecule has 0 aliphatic heterocycles. The van der Waals surface area contributed by atoms with Crippen LogP contribution in [0.15, 0.2) is 36.4 Å². The quantitative estimate of drug-likeness (QED) is 0.853. The van der Waals surface area contributed by atoms with Crippen LogP contribution in [0.2, 0.25) is 0 Å². The first kappa shape index (κ1) is 14.1. The lowest BCUT2D eigenvalue weighted by atomic mass is 9.99. The SMILES string of the molecule is CCC(C)c1ccc(OCc2ccc(CN)s2)cc1. The van der Waals surface area contributed by atoms with E-state index in [1.54, 1.807) is 11.3 Å². The molecule has 102 valence electrons. The number of benzene rings is 1. The van der Waals surface area contributed by atoms with E-state index < -0.39 is 0 Å². The van der Waals surface area contributed by atoms with Gasteiger partial charge in [-0.1, -0.05) is 26.0 Å². The topological polar surface area (TPSA) is 35.2 Å². The maximum atomic E-state index is 5.79. The predicted octanol–water partition coefficient (Wildman–Crippen LogP) is 4.30. The summed E-state index contributed by atoms with van der Waals surface area (Å²) < 4.78 is 5.79. The maximum Gasteiger partial charge on any atom is 0.122 e. The lowest BCUT2D eigenvalue weighted by Gasteiger charge is -2.10. The van der Waals surface area contributed by atoms with Crippen molar-refractivity contribution in [2.75, 3.05) is 0 Å². The van der Waals surface area contributed by atoms with E-state index in [2.05, 4.69) is 50.2 Å². The fraction of sp³-hybridized carbons (Fsp3) is 0.375. The standard InChI is InChI=1S/C16H21NOS/c1-3-12(2)13-4-6-14(7-5-13)18-11-16-9-8-15(10-17)19-16/h4-9,12H,3,10-11,17H2,1-2H3. The molecule has 3 heteroatoms. The molecule has 1 aromatic heterocycles. The molecule has 0 amide bonds. The Labute approximate surface area is 119 Å². The molecule has 0 spiro atoms. The first-order valence-corrected chi connectivity index (χ1v) is 7.55. The summed E-state index contributed by atoms with van der Waals surface area (Å²) >= 11 is 1.71. The monoisotopic (exact) mass is 275 g/mol. The highest BCUT2D eigenvalue weighted by atomic mass is 32.1. The highest BCUT2D eigenvalue weighted by Crippen LogP contribution is 2.23. The third kappa shape index (κ3) is 3.82. The van der Waals surface area contributed by atoms with Crippen molar-refractivity contribution in [1.82, 2.24) is 0 Å². The van der Waals surface area contributed by atoms with Crippen LogP contribution in [-0.2, 0) is 13.2 Å². The summed E-state index contributed by atoms with van der Waals surface area (Å²) in [5.74, 6) is 1.54. The molecule has 0 bridgehead atoms. The average molecular weight is 275 g/mol. The van der Waals surface area contributed by atoms with Gasteiger partial charge in [0.05, 0.1) is 0 Å². The molecule has 0 aliphatic rings. The van der Waals surface area contributed by atoms with Crippen LogP contribution in [0.1, 0.15) is 41.5 Å². The highest BCUT2D eigenvalue weighted by molar-refractivity contribution is 7.11. The van der Waals surface area contributed by atoms with E-state index >= 15 is 0 Å². The molecule has 2 aromatic rings. The third-order valence-electron chi connectivity index (χ3n) is 3.36. The second-order valence-electron chi connectivity index (χ2n) is 4.74. The number of hydrogen-bond donors (Lipinski definition) is 1. The summed E-state index contributed by atoms with van der Waals surface area (Å²) in [5.41, 5.74) is 6.97. The van der Waals surface area contributed by atoms with Gasteiger partial charge in [0.1, 0.15) is 12.4 Å². The Morgan fingerprint density at radius 1 is 1.11 bits per heavy atom. The van der Waals surface area contributed by atoms with E-state index in [9.17, 15) is 0 Å². The fourth-order valence-electron chi connectivity index (χ4n) is 1.89. The normalized spacial score (nSPS) is 12.4. The molecule has 0 aliphatic carbocycles. The zero-order chi connectivity index (χ0) is 13.7. The van der Waals surface area contributed by atoms with E-state index in [4.69, 9.17) is 10.5 Å². The van der Waals surface area contributed by atoms with Crippen LogP contribution in [-0.4, -0.2) is 0 Å². The zero-order valence-electron chi connectivity index (χ0n) is 11.6. The lowest BCUT2D eigenvalue weighted by Crippen LogP contribution is -1.95. The number of ether oxygens (including phenoxy) is 1. The first-order chi connectivity index (χ1) is 9.22. The van der Waals surface area contributed by atoms with Crippen LogP contribution in [0.25, 0.3) is 0 Å². The average Bonchev–Trinajstić information content (AvgIpc) is 2.93. The van der Waals surface area contributed by atoms with Crippen LogP contribution in [0.3, 0.4) is 0 Å². The minimum Gasteiger partial charge on any atom is -0.488 e. The summed E-state index contributed by atoms with van der Waals surface area (Å²) in [4.78, 5) is 2.41. The van der Waals surface area contributed by atoms with E-state index in [1.165, 1.54) is 15.3 Å². The van der Waals surface area contributed by atoms with Crippen LogP contribution < -0.4 is 10.5 Å². The molecule has 1 aromatic carbocycles. The van der Waals surface area contributed by atoms with Gasteiger partial charge >= 0.3 is 0 Å². The van der Waals surface area contributed by atoms with Crippen LogP contribution in [0.5, 0.6) is 5.75 Å². The van der Waals surface area contributed by atoms with Crippen molar-refractivity contribution >= 4 is 11.3 Å². The number of hydrogen-bond acceptors (Lipinski definition) is 3. The Morgan fingerprint density at radius 2 is 1.79 bits per heavy atom. The molecular weight excluding hydrogens is 254 g/mol. The molecule has 0 saturated heterocycles. The van der Waals surface area contributed by atoms with Gasteiger partial charge in [-0.15, -0.1) is 11.3 Å². The molecule has 2 N–H and O–H groups in total. The molecule has 19 heavy (non-hydrogen) atoms. The van der Waals surface area contributed by atoms with Gasteiger partial charge < -0.3 is 10.5 Å². The van der Waals surface area contributed by atoms with Crippen LogP contribution >= 0.6 is 11.3 Å². The first-order valence-electron chi connectivity index (χ1n) is 6.73. The molecule has 0 saturated carbocycles. The van der Waals surface area contributed by atoms with Crippen LogP contribution in [0.4, 0.5) is 0 Å². The van der Waals surface area contributed by atoms with Gasteiger partial charge in [-0.05, 0) is 42.2 Å². The Kier molecular flexibility index (Phi) is 5.00. The highest BCUT2D eigenvalue weighted by Gasteiger charge is 2.04. The Morgan fingerprint density at radius 3 is 2.37 bits per heavy atom. The van der Waals surface area contributed by atoms with Crippen molar-refractivity contribution < 1.29 is 4.74 Å². The molecule has 0 fully saturated rings. The number of rotatable bonds is 6. The summed E-state index contributed by atoms with van der Waals surface area (Å²) in [5, 5.41) is 0. The van der Waals surface area contributed by atoms with Gasteiger partial charge in [-0.2, -0.15) is 0 Å². The van der Waals surface area contributed by atoms with Gasteiger partial charge in [0.2, 0.25) is 0 Å². The summed E-state index contributed by atoms with van der Waals surface area (Å²) in [6, 6.07) is 12.6. The third-order valence-corrected chi connectivity index (χ3v) is 4.44. The maximum absolute atomic E-state index is 5.79. The molecule has 1 atom stereocenters. The second-order valence-corrected chi connectivity index (χ2v) is 5.99. The fourth-order valence-corrected chi connectivity index (χ4v) is 2.70.